The molecule has 0 fully saturated rings. The molecule has 78 valence electrons. The van der Waals surface area contributed by atoms with Crippen LogP contribution in [-0.4, -0.2) is 10.1 Å². The van der Waals surface area contributed by atoms with Crippen LogP contribution in [0.2, 0.25) is 5.02 Å². The minimum atomic E-state index is -2.71. The fraction of sp³-hybridized carbons (Fsp3) is 0.375. The van der Waals surface area contributed by atoms with Crippen LogP contribution >= 0.6 is 11.6 Å². The van der Waals surface area contributed by atoms with Crippen molar-refractivity contribution in [2.45, 2.75) is 19.6 Å². The predicted octanol–water partition coefficient (Wildman–Crippen LogP) is 1.62. The van der Waals surface area contributed by atoms with Crippen LogP contribution in [0.15, 0.2) is 6.20 Å². The zero-order valence-corrected chi connectivity index (χ0v) is 7.93. The lowest BCUT2D eigenvalue weighted by Gasteiger charge is -2.11. The fourth-order valence-corrected chi connectivity index (χ4v) is 1.39. The lowest BCUT2D eigenvalue weighted by molar-refractivity contribution is 0.144. The van der Waals surface area contributed by atoms with Gasteiger partial charge in [0.1, 0.15) is 5.69 Å². The summed E-state index contributed by atoms with van der Waals surface area (Å²) >= 11 is 5.66. The Hall–Kier alpha value is -0.780. The van der Waals surface area contributed by atoms with Crippen molar-refractivity contribution in [3.63, 3.8) is 0 Å². The monoisotopic (exact) mass is 222 g/mol. The van der Waals surface area contributed by atoms with Gasteiger partial charge in [-0.2, -0.15) is 0 Å². The molecular formula is C8H9ClF2N2O. The molecule has 0 radical (unpaired) electrons. The van der Waals surface area contributed by atoms with Crippen molar-refractivity contribution < 1.29 is 13.9 Å². The number of aliphatic hydroxyl groups is 1. The third kappa shape index (κ3) is 2.00. The van der Waals surface area contributed by atoms with Crippen molar-refractivity contribution in [2.24, 2.45) is 5.73 Å². The molecule has 0 unspecified atom stereocenters. The third-order valence-electron chi connectivity index (χ3n) is 1.85. The molecule has 1 rings (SSSR count). The molecule has 0 aliphatic rings. The van der Waals surface area contributed by atoms with E-state index in [2.05, 4.69) is 4.98 Å². The van der Waals surface area contributed by atoms with Crippen molar-refractivity contribution >= 4 is 11.6 Å². The summed E-state index contributed by atoms with van der Waals surface area (Å²) in [6.45, 7) is -0.545. The highest BCUT2D eigenvalue weighted by Crippen LogP contribution is 2.27. The first-order valence-electron chi connectivity index (χ1n) is 3.87. The average molecular weight is 223 g/mol. The molecule has 0 saturated heterocycles. The largest absolute Gasteiger partial charge is 0.392 e. The van der Waals surface area contributed by atoms with Crippen molar-refractivity contribution in [1.82, 2.24) is 4.98 Å². The number of halogens is 3. The molecule has 14 heavy (non-hydrogen) atoms. The maximum atomic E-state index is 12.4. The summed E-state index contributed by atoms with van der Waals surface area (Å²) in [5.74, 6) is 0. The Kier molecular flexibility index (Phi) is 3.74. The summed E-state index contributed by atoms with van der Waals surface area (Å²) < 4.78 is 24.8. The van der Waals surface area contributed by atoms with Gasteiger partial charge in [-0.1, -0.05) is 11.6 Å². The van der Waals surface area contributed by atoms with Crippen LogP contribution in [0.3, 0.4) is 0 Å². The molecule has 3 N–H and O–H groups in total. The number of nitrogens with two attached hydrogens (primary N) is 1. The molecule has 0 bridgehead atoms. The second-order valence-corrected chi connectivity index (χ2v) is 3.02. The minimum absolute atomic E-state index is 0.120. The Balaban J connectivity index is 3.33. The smallest absolute Gasteiger partial charge is 0.280 e. The van der Waals surface area contributed by atoms with E-state index in [0.717, 1.165) is 6.20 Å². The van der Waals surface area contributed by atoms with Crippen LogP contribution in [0.1, 0.15) is 23.2 Å². The van der Waals surface area contributed by atoms with Crippen molar-refractivity contribution in [2.75, 3.05) is 0 Å². The topological polar surface area (TPSA) is 59.1 Å². The van der Waals surface area contributed by atoms with Crippen LogP contribution in [-0.2, 0) is 13.2 Å². The number of hydrogen-bond donors (Lipinski definition) is 2. The first-order valence-corrected chi connectivity index (χ1v) is 4.24. The maximum absolute atomic E-state index is 12.4. The van der Waals surface area contributed by atoms with E-state index in [1.165, 1.54) is 0 Å². The molecule has 0 saturated carbocycles. The quantitative estimate of drug-likeness (QED) is 0.817. The lowest BCUT2D eigenvalue weighted by atomic mass is 10.1. The molecule has 6 heteroatoms. The zero-order valence-electron chi connectivity index (χ0n) is 7.17. The maximum Gasteiger partial charge on any atom is 0.280 e. The molecule has 3 nitrogen and oxygen atoms in total. The number of aliphatic hydroxyl groups excluding tert-OH is 1. The Morgan fingerprint density at radius 3 is 2.57 bits per heavy atom. The first kappa shape index (κ1) is 11.3. The molecule has 0 atom stereocenters. The standard InChI is InChI=1S/C8H9ClF2N2O/c9-6-2-13-7(8(10)11)4(1-12)5(6)3-14/h2,8,14H,1,3,12H2. The number of nitrogens with zero attached hydrogens (tertiary/aromatic N) is 1. The van der Waals surface area contributed by atoms with Gasteiger partial charge >= 0.3 is 0 Å². The second kappa shape index (κ2) is 4.63. The lowest BCUT2D eigenvalue weighted by Crippen LogP contribution is -2.09. The van der Waals surface area contributed by atoms with Crippen molar-refractivity contribution in [3.8, 4) is 0 Å². The van der Waals surface area contributed by atoms with Crippen LogP contribution in [0.5, 0.6) is 0 Å². The highest BCUT2D eigenvalue weighted by atomic mass is 35.5. The van der Waals surface area contributed by atoms with Gasteiger partial charge in [0.25, 0.3) is 6.43 Å². The van der Waals surface area contributed by atoms with Crippen LogP contribution in [0, 0.1) is 0 Å². The number of hydrogen-bond acceptors (Lipinski definition) is 3. The van der Waals surface area contributed by atoms with E-state index in [4.69, 9.17) is 22.4 Å². The summed E-state index contributed by atoms with van der Waals surface area (Å²) in [6.07, 6.45) is -1.62. The van der Waals surface area contributed by atoms with Crippen molar-refractivity contribution in [3.05, 3.63) is 28.0 Å². The summed E-state index contributed by atoms with van der Waals surface area (Å²) in [5, 5.41) is 9.07. The van der Waals surface area contributed by atoms with E-state index in [0.29, 0.717) is 0 Å². The molecule has 1 heterocycles. The van der Waals surface area contributed by atoms with E-state index < -0.39 is 18.7 Å². The third-order valence-corrected chi connectivity index (χ3v) is 2.17. The van der Waals surface area contributed by atoms with Crippen LogP contribution in [0.4, 0.5) is 8.78 Å². The van der Waals surface area contributed by atoms with Crippen molar-refractivity contribution in [1.29, 1.82) is 0 Å². The predicted molar refractivity (Wildman–Crippen MR) is 48.0 cm³/mol. The molecule has 0 spiro atoms. The summed E-state index contributed by atoms with van der Waals surface area (Å²) in [5.41, 5.74) is 5.22. The van der Waals surface area contributed by atoms with Gasteiger partial charge in [0.15, 0.2) is 0 Å². The average Bonchev–Trinajstić information content (AvgIpc) is 2.16. The SMILES string of the molecule is NCc1c(C(F)F)ncc(Cl)c1CO. The van der Waals surface area contributed by atoms with E-state index in [-0.39, 0.29) is 22.7 Å². The van der Waals surface area contributed by atoms with E-state index in [1.807, 2.05) is 0 Å². The molecule has 0 aliphatic heterocycles. The highest BCUT2D eigenvalue weighted by Gasteiger charge is 2.18. The Labute approximate surface area is 84.5 Å². The first-order chi connectivity index (χ1) is 6.61. The number of alkyl halides is 2. The molecule has 1 aromatic rings. The molecular weight excluding hydrogens is 214 g/mol. The number of pyridine rings is 1. The highest BCUT2D eigenvalue weighted by molar-refractivity contribution is 6.31. The fourth-order valence-electron chi connectivity index (χ4n) is 1.17. The van der Waals surface area contributed by atoms with Crippen LogP contribution in [0.25, 0.3) is 0 Å². The summed E-state index contributed by atoms with van der Waals surface area (Å²) in [6, 6.07) is 0. The second-order valence-electron chi connectivity index (χ2n) is 2.61. The summed E-state index contributed by atoms with van der Waals surface area (Å²) in [7, 11) is 0. The molecule has 1 aromatic heterocycles. The van der Waals surface area contributed by atoms with Gasteiger partial charge in [0.05, 0.1) is 11.6 Å². The zero-order chi connectivity index (χ0) is 10.7. The van der Waals surface area contributed by atoms with Gasteiger partial charge < -0.3 is 10.8 Å². The van der Waals surface area contributed by atoms with E-state index in [1.54, 1.807) is 0 Å². The Bertz CT molecular complexity index is 333. The molecule has 0 aliphatic carbocycles. The van der Waals surface area contributed by atoms with Gasteiger partial charge in [-0.05, 0) is 0 Å². The van der Waals surface area contributed by atoms with Gasteiger partial charge in [-0.15, -0.1) is 0 Å². The van der Waals surface area contributed by atoms with Crippen LogP contribution < -0.4 is 5.73 Å². The molecule has 0 aromatic carbocycles. The Morgan fingerprint density at radius 1 is 1.50 bits per heavy atom. The minimum Gasteiger partial charge on any atom is -0.392 e. The molecule has 0 amide bonds. The van der Waals surface area contributed by atoms with Gasteiger partial charge in [0.2, 0.25) is 0 Å². The van der Waals surface area contributed by atoms with E-state index >= 15 is 0 Å². The number of aromatic nitrogens is 1. The van der Waals surface area contributed by atoms with Gasteiger partial charge in [-0.3, -0.25) is 4.98 Å². The van der Waals surface area contributed by atoms with E-state index in [9.17, 15) is 8.78 Å². The summed E-state index contributed by atoms with van der Waals surface area (Å²) in [4.78, 5) is 3.48. The van der Waals surface area contributed by atoms with Gasteiger partial charge in [-0.25, -0.2) is 8.78 Å². The van der Waals surface area contributed by atoms with Gasteiger partial charge in [0, 0.05) is 23.9 Å². The number of rotatable bonds is 3. The Morgan fingerprint density at radius 2 is 2.14 bits per heavy atom. The normalized spacial score (nSPS) is 11.0.